The number of piperidine rings is 1. The molecule has 2 unspecified atom stereocenters. The first-order valence-electron chi connectivity index (χ1n) is 12.5. The Bertz CT molecular complexity index is 1170. The van der Waals surface area contributed by atoms with E-state index in [-0.39, 0.29) is 46.9 Å². The highest BCUT2D eigenvalue weighted by Crippen LogP contribution is 2.53. The lowest BCUT2D eigenvalue weighted by atomic mass is 10.1. The number of quaternary nitrogens is 1. The molecule has 2 heterocycles. The molecule has 10 heteroatoms. The number of amides is 2. The lowest BCUT2D eigenvalue weighted by molar-refractivity contribution is 0.0513. The molecule has 5 atom stereocenters. The molecule has 2 N–H and O–H groups in total. The van der Waals surface area contributed by atoms with Gasteiger partial charge >= 0.3 is 12.2 Å². The van der Waals surface area contributed by atoms with Crippen molar-refractivity contribution in [3.05, 3.63) is 59.7 Å². The molecule has 0 spiro atoms. The minimum Gasteiger partial charge on any atom is -0.447 e. The van der Waals surface area contributed by atoms with E-state index in [4.69, 9.17) is 9.47 Å². The summed E-state index contributed by atoms with van der Waals surface area (Å²) in [5.74, 6) is -1.41. The number of carbonyl (C=O) groups excluding carboxylic acids is 2. The smallest absolute Gasteiger partial charge is 0.414 e. The number of likely N-dealkylation sites (tertiary alicyclic amines) is 1. The van der Waals surface area contributed by atoms with Gasteiger partial charge in [-0.25, -0.2) is 18.4 Å². The number of hydrogen-bond acceptors (Lipinski definition) is 5. The lowest BCUT2D eigenvalue weighted by Crippen LogP contribution is -2.52. The van der Waals surface area contributed by atoms with Crippen LogP contribution < -0.4 is 14.7 Å². The van der Waals surface area contributed by atoms with Gasteiger partial charge in [0.25, 0.3) is 0 Å². The molecule has 3 aliphatic rings. The maximum absolute atomic E-state index is 15.8. The first-order chi connectivity index (χ1) is 17.5. The number of halogens is 2. The number of rotatable bonds is 6. The van der Waals surface area contributed by atoms with Gasteiger partial charge in [-0.15, -0.1) is 0 Å². The number of nitrogens with zero attached hydrogens (tertiary/aromatic N) is 2. The van der Waals surface area contributed by atoms with Crippen molar-refractivity contribution in [2.45, 2.75) is 45.0 Å². The zero-order valence-electron chi connectivity index (χ0n) is 21.1. The van der Waals surface area contributed by atoms with Crippen molar-refractivity contribution < 1.29 is 33.0 Å². The number of anilines is 1. The number of ether oxygens (including phenoxy) is 2. The Labute approximate surface area is 214 Å². The molecule has 0 bridgehead atoms. The normalized spacial score (nSPS) is 28.6. The molecule has 2 aliphatic heterocycles. The van der Waals surface area contributed by atoms with E-state index in [9.17, 15) is 14.7 Å². The molecule has 2 aromatic rings. The van der Waals surface area contributed by atoms with Crippen LogP contribution in [0.3, 0.4) is 0 Å². The van der Waals surface area contributed by atoms with Crippen molar-refractivity contribution in [1.82, 2.24) is 9.80 Å². The van der Waals surface area contributed by atoms with Crippen LogP contribution in [-0.4, -0.2) is 61.3 Å². The van der Waals surface area contributed by atoms with Crippen LogP contribution in [-0.2, 0) is 16.0 Å². The topological polar surface area (TPSA) is 88.1 Å². The maximum Gasteiger partial charge on any atom is 0.414 e. The van der Waals surface area contributed by atoms with Crippen LogP contribution in [0.4, 0.5) is 29.7 Å². The Morgan fingerprint density at radius 2 is 1.78 bits per heavy atom. The van der Waals surface area contributed by atoms with Crippen LogP contribution in [0.25, 0.3) is 0 Å². The zero-order chi connectivity index (χ0) is 26.5. The molecule has 1 aliphatic carbocycles. The van der Waals surface area contributed by atoms with Crippen molar-refractivity contribution in [3.63, 3.8) is 0 Å². The summed E-state index contributed by atoms with van der Waals surface area (Å²) in [6.45, 7) is 6.21. The third kappa shape index (κ3) is 4.87. The number of carbonyl (C=O) groups is 2. The number of fused-ring (bicyclic) bond motifs is 1. The maximum atomic E-state index is 15.8. The van der Waals surface area contributed by atoms with Crippen molar-refractivity contribution >= 4 is 23.6 Å². The van der Waals surface area contributed by atoms with E-state index in [0.717, 1.165) is 22.6 Å². The van der Waals surface area contributed by atoms with Gasteiger partial charge in [-0.1, -0.05) is 30.3 Å². The van der Waals surface area contributed by atoms with E-state index in [1.54, 1.807) is 20.8 Å². The Morgan fingerprint density at radius 1 is 1.16 bits per heavy atom. The summed E-state index contributed by atoms with van der Waals surface area (Å²) in [6, 6.07) is 11.0. The molecule has 0 aromatic heterocycles. The Kier molecular flexibility index (Phi) is 6.35. The second kappa shape index (κ2) is 9.25. The second-order valence-electron chi connectivity index (χ2n) is 11.2. The van der Waals surface area contributed by atoms with E-state index in [2.05, 4.69) is 5.32 Å². The fourth-order valence-corrected chi connectivity index (χ4v) is 5.86. The van der Waals surface area contributed by atoms with Crippen LogP contribution in [0, 0.1) is 23.5 Å². The van der Waals surface area contributed by atoms with Gasteiger partial charge in [0, 0.05) is 35.6 Å². The first kappa shape index (κ1) is 25.4. The van der Waals surface area contributed by atoms with Crippen LogP contribution in [0.2, 0.25) is 0 Å². The predicted molar refractivity (Wildman–Crippen MR) is 133 cm³/mol. The summed E-state index contributed by atoms with van der Waals surface area (Å²) < 4.78 is 41.9. The number of nitrogens with one attached hydrogen (secondary N) is 1. The number of benzene rings is 2. The summed E-state index contributed by atoms with van der Waals surface area (Å²) in [6.07, 6.45) is -1.25. The van der Waals surface area contributed by atoms with Crippen LogP contribution in [0.15, 0.2) is 42.5 Å². The molecule has 0 radical (unpaired) electrons. The summed E-state index contributed by atoms with van der Waals surface area (Å²) in [7, 11) is 0. The molecule has 198 valence electrons. The molecule has 1 saturated carbocycles. The fraction of sp³-hybridized carbons (Fsp3) is 0.481. The number of alkyl carbamates (subject to hydrolysis) is 1. The zero-order valence-corrected chi connectivity index (χ0v) is 21.1. The molecule has 2 amide bonds. The van der Waals surface area contributed by atoms with Gasteiger partial charge in [0.15, 0.2) is 11.6 Å². The van der Waals surface area contributed by atoms with Crippen molar-refractivity contribution in [3.8, 4) is 0 Å². The molecule has 3 fully saturated rings. The average molecular weight is 517 g/mol. The van der Waals surface area contributed by atoms with Gasteiger partial charge in [0.1, 0.15) is 18.8 Å². The molecule has 2 aromatic carbocycles. The average Bonchev–Trinajstić information content (AvgIpc) is 3.13. The SMILES string of the molecule is CC(C)(C)OC(=O)NC1[C@H]2C[N+](Cc3ccccc3)(c3c(F)cc(N4C(=O)OC[C@H]4CO)cc3F)C[C@@H]12. The highest BCUT2D eigenvalue weighted by molar-refractivity contribution is 5.90. The van der Waals surface area contributed by atoms with E-state index in [1.165, 1.54) is 0 Å². The van der Waals surface area contributed by atoms with Crippen LogP contribution in [0.5, 0.6) is 0 Å². The van der Waals surface area contributed by atoms with Gasteiger partial charge in [0.2, 0.25) is 5.69 Å². The van der Waals surface area contributed by atoms with Gasteiger partial charge in [0.05, 0.1) is 31.4 Å². The molecular weight excluding hydrogens is 484 g/mol. The summed E-state index contributed by atoms with van der Waals surface area (Å²) in [4.78, 5) is 25.5. The van der Waals surface area contributed by atoms with Gasteiger partial charge in [-0.05, 0) is 20.8 Å². The minimum atomic E-state index is -0.764. The minimum absolute atomic E-state index is 0.00647. The van der Waals surface area contributed by atoms with Crippen LogP contribution in [0.1, 0.15) is 26.3 Å². The number of aliphatic hydroxyl groups is 1. The van der Waals surface area contributed by atoms with Gasteiger partial charge < -0.3 is 19.9 Å². The first-order valence-corrected chi connectivity index (χ1v) is 12.5. The van der Waals surface area contributed by atoms with Crippen LogP contribution >= 0.6 is 0 Å². The number of cyclic esters (lactones) is 1. The van der Waals surface area contributed by atoms with Gasteiger partial charge in [-0.3, -0.25) is 9.38 Å². The number of aliphatic hydroxyl groups excluding tert-OH is 1. The van der Waals surface area contributed by atoms with Crippen molar-refractivity contribution in [2.75, 3.05) is 31.2 Å². The van der Waals surface area contributed by atoms with E-state index in [1.807, 2.05) is 30.3 Å². The van der Waals surface area contributed by atoms with Gasteiger partial charge in [-0.2, -0.15) is 0 Å². The Hall–Kier alpha value is -3.24. The summed E-state index contributed by atoms with van der Waals surface area (Å²) in [5, 5.41) is 12.5. The quantitative estimate of drug-likeness (QED) is 0.568. The monoisotopic (exact) mass is 516 g/mol. The highest BCUT2D eigenvalue weighted by atomic mass is 19.1. The molecule has 37 heavy (non-hydrogen) atoms. The molecular formula is C27H32F2N3O5+. The molecule has 8 nitrogen and oxygen atoms in total. The summed E-state index contributed by atoms with van der Waals surface area (Å²) >= 11 is 0. The molecule has 5 rings (SSSR count). The lowest BCUT2D eigenvalue weighted by Gasteiger charge is -2.37. The number of hydrogen-bond donors (Lipinski definition) is 2. The van der Waals surface area contributed by atoms with E-state index < -0.39 is 35.5 Å². The fourth-order valence-electron chi connectivity index (χ4n) is 5.86. The third-order valence-corrected chi connectivity index (χ3v) is 7.39. The Morgan fingerprint density at radius 3 is 2.35 bits per heavy atom. The predicted octanol–water partition coefficient (Wildman–Crippen LogP) is 3.94. The summed E-state index contributed by atoms with van der Waals surface area (Å²) in [5.41, 5.74) is 0.258. The second-order valence-corrected chi connectivity index (χ2v) is 11.2. The Balaban J connectivity index is 1.43. The molecule has 2 saturated heterocycles. The van der Waals surface area contributed by atoms with E-state index >= 15 is 8.78 Å². The van der Waals surface area contributed by atoms with E-state index in [0.29, 0.717) is 19.6 Å². The standard InChI is InChI=1S/C27H31F2N3O5/c1-27(2,3)37-25(34)30-23-19-12-32(13-20(19)23,11-16-7-5-4-6-8-16)24-21(28)9-17(10-22(24)29)31-18(14-33)15-36-26(31)35/h4-10,18-20,23,33H,11-15H2,1-3H3/p+1/t18-,19-,20+,23?,32?/m1/s1. The highest BCUT2D eigenvalue weighted by Gasteiger charge is 2.65. The van der Waals surface area contributed by atoms with Crippen molar-refractivity contribution in [1.29, 1.82) is 0 Å². The third-order valence-electron chi connectivity index (χ3n) is 7.39. The largest absolute Gasteiger partial charge is 0.447 e. The van der Waals surface area contributed by atoms with Crippen molar-refractivity contribution in [2.24, 2.45) is 11.8 Å².